The first-order valence-electron chi connectivity index (χ1n) is 7.34. The number of amides is 1. The third-order valence-electron chi connectivity index (χ3n) is 4.87. The lowest BCUT2D eigenvalue weighted by atomic mass is 9.93. The van der Waals surface area contributed by atoms with Gasteiger partial charge < -0.3 is 4.90 Å². The van der Waals surface area contributed by atoms with Crippen LogP contribution >= 0.6 is 16.1 Å². The monoisotopic (exact) mass is 332 g/mol. The van der Waals surface area contributed by atoms with E-state index in [4.69, 9.17) is 0 Å². The van der Waals surface area contributed by atoms with Gasteiger partial charge in [0.1, 0.15) is 0 Å². The number of carbonyl (C=O) groups is 1. The molecule has 3 heterocycles. The van der Waals surface area contributed by atoms with E-state index in [9.17, 15) is 4.79 Å². The zero-order valence-electron chi connectivity index (χ0n) is 11.5. The second-order valence-corrected chi connectivity index (χ2v) is 6.52. The van der Waals surface area contributed by atoms with Gasteiger partial charge in [0.15, 0.2) is 0 Å². The van der Waals surface area contributed by atoms with Gasteiger partial charge in [-0.05, 0) is 37.3 Å². The fourth-order valence-corrected chi connectivity index (χ4v) is 4.42. The summed E-state index contributed by atoms with van der Waals surface area (Å²) >= 11 is 3.41. The zero-order valence-corrected chi connectivity index (χ0v) is 13.1. The highest BCUT2D eigenvalue weighted by Gasteiger charge is 2.41. The van der Waals surface area contributed by atoms with Gasteiger partial charge >= 0.3 is 0 Å². The predicted molar refractivity (Wildman–Crippen MR) is 85.0 cm³/mol. The molecule has 1 fully saturated rings. The van der Waals surface area contributed by atoms with E-state index in [0.717, 1.165) is 29.8 Å². The summed E-state index contributed by atoms with van der Waals surface area (Å²) < 4.78 is 1.61. The van der Waals surface area contributed by atoms with E-state index in [1.807, 2.05) is 6.07 Å². The van der Waals surface area contributed by atoms with Gasteiger partial charge in [0.2, 0.25) is 0 Å². The van der Waals surface area contributed by atoms with Gasteiger partial charge in [-0.15, -0.1) is 0 Å². The third kappa shape index (κ3) is 1.48. The van der Waals surface area contributed by atoms with E-state index in [-0.39, 0.29) is 5.91 Å². The molecule has 0 spiro atoms. The minimum absolute atomic E-state index is 0.0760. The Balaban J connectivity index is 1.99. The maximum atomic E-state index is 12.5. The summed E-state index contributed by atoms with van der Waals surface area (Å²) in [7, 11) is 0. The van der Waals surface area contributed by atoms with Crippen molar-refractivity contribution in [3.05, 3.63) is 29.8 Å². The van der Waals surface area contributed by atoms with Crippen LogP contribution in [0.5, 0.6) is 0 Å². The number of rotatable bonds is 1. The molecule has 1 aromatic rings. The molecule has 1 aromatic carbocycles. The smallest absolute Gasteiger partial charge is 0.268 e. The van der Waals surface area contributed by atoms with Crippen molar-refractivity contribution in [3.63, 3.8) is 0 Å². The average molecular weight is 333 g/mol. The van der Waals surface area contributed by atoms with Gasteiger partial charge in [-0.1, -0.05) is 19.1 Å². The van der Waals surface area contributed by atoms with Crippen LogP contribution in [-0.2, 0) is 4.79 Å². The van der Waals surface area contributed by atoms with Crippen molar-refractivity contribution in [2.75, 3.05) is 15.4 Å². The Bertz CT molecular complexity index is 625. The summed E-state index contributed by atoms with van der Waals surface area (Å²) in [4.78, 5) is 15.0. The Morgan fingerprint density at radius 2 is 2.15 bits per heavy atom. The van der Waals surface area contributed by atoms with Crippen LogP contribution in [0.3, 0.4) is 0 Å². The molecule has 0 saturated carbocycles. The van der Waals surface area contributed by atoms with Crippen molar-refractivity contribution < 1.29 is 4.79 Å². The van der Waals surface area contributed by atoms with Gasteiger partial charge in [-0.25, -0.2) is 3.93 Å². The maximum absolute atomic E-state index is 12.5. The Morgan fingerprint density at radius 1 is 1.35 bits per heavy atom. The molecule has 20 heavy (non-hydrogen) atoms. The molecule has 1 amide bonds. The second kappa shape index (κ2) is 4.35. The number of hydrogen-bond donors (Lipinski definition) is 0. The van der Waals surface area contributed by atoms with Gasteiger partial charge in [0.05, 0.1) is 21.8 Å². The summed E-state index contributed by atoms with van der Waals surface area (Å²) in [6, 6.07) is 6.80. The number of anilines is 2. The molecule has 0 aliphatic carbocycles. The molecule has 2 atom stereocenters. The van der Waals surface area contributed by atoms with E-state index in [1.54, 1.807) is 3.93 Å². The number of hydrogen-bond acceptors (Lipinski definition) is 2. The van der Waals surface area contributed by atoms with E-state index in [0.29, 0.717) is 12.0 Å². The van der Waals surface area contributed by atoms with Crippen molar-refractivity contribution in [1.29, 1.82) is 0 Å². The largest absolute Gasteiger partial charge is 0.367 e. The SMILES string of the molecule is CCC1C=C2C(=O)N(Br)c3cccc(c32)N2CCCC12. The Morgan fingerprint density at radius 3 is 2.95 bits per heavy atom. The van der Waals surface area contributed by atoms with Crippen molar-refractivity contribution in [2.45, 2.75) is 32.2 Å². The summed E-state index contributed by atoms with van der Waals surface area (Å²) in [6.45, 7) is 3.33. The maximum Gasteiger partial charge on any atom is 0.268 e. The topological polar surface area (TPSA) is 23.6 Å². The summed E-state index contributed by atoms with van der Waals surface area (Å²) in [5.74, 6) is 0.544. The number of carbonyl (C=O) groups excluding carboxylic acids is 1. The van der Waals surface area contributed by atoms with Crippen molar-refractivity contribution in [1.82, 2.24) is 0 Å². The second-order valence-electron chi connectivity index (χ2n) is 5.81. The first-order chi connectivity index (χ1) is 9.72. The van der Waals surface area contributed by atoms with Crippen molar-refractivity contribution in [3.8, 4) is 0 Å². The van der Waals surface area contributed by atoms with E-state index in [2.05, 4.69) is 46.2 Å². The van der Waals surface area contributed by atoms with Crippen LogP contribution in [0.2, 0.25) is 0 Å². The van der Waals surface area contributed by atoms with Gasteiger partial charge in [-0.2, -0.15) is 0 Å². The summed E-state index contributed by atoms with van der Waals surface area (Å²) in [6.07, 6.45) is 5.80. The van der Waals surface area contributed by atoms with Crippen LogP contribution in [0.25, 0.3) is 5.57 Å². The zero-order chi connectivity index (χ0) is 13.9. The highest BCUT2D eigenvalue weighted by molar-refractivity contribution is 9.10. The Labute approximate surface area is 127 Å². The highest BCUT2D eigenvalue weighted by atomic mass is 79.9. The molecule has 3 nitrogen and oxygen atoms in total. The predicted octanol–water partition coefficient (Wildman–Crippen LogP) is 3.74. The van der Waals surface area contributed by atoms with Crippen molar-refractivity contribution >= 4 is 39.0 Å². The minimum Gasteiger partial charge on any atom is -0.367 e. The normalized spacial score (nSPS) is 27.3. The number of nitrogens with zero attached hydrogens (tertiary/aromatic N) is 2. The van der Waals surface area contributed by atoms with E-state index in [1.165, 1.54) is 18.5 Å². The van der Waals surface area contributed by atoms with E-state index < -0.39 is 0 Å². The number of halogens is 1. The molecule has 1 saturated heterocycles. The van der Waals surface area contributed by atoms with Crippen molar-refractivity contribution in [2.24, 2.45) is 5.92 Å². The van der Waals surface area contributed by atoms with Crippen LogP contribution in [0, 0.1) is 5.92 Å². The van der Waals surface area contributed by atoms with Crippen LogP contribution in [0.1, 0.15) is 31.7 Å². The molecule has 0 radical (unpaired) electrons. The first kappa shape index (κ1) is 12.5. The first-order valence-corrected chi connectivity index (χ1v) is 8.05. The number of benzene rings is 1. The average Bonchev–Trinajstić information content (AvgIpc) is 3.00. The van der Waals surface area contributed by atoms with E-state index >= 15 is 0 Å². The third-order valence-corrected chi connectivity index (χ3v) is 5.57. The van der Waals surface area contributed by atoms with Gasteiger partial charge in [-0.3, -0.25) is 4.79 Å². The molecule has 104 valence electrons. The molecule has 4 rings (SSSR count). The molecule has 0 N–H and O–H groups in total. The summed E-state index contributed by atoms with van der Waals surface area (Å²) in [5.41, 5.74) is 4.23. The fraction of sp³-hybridized carbons (Fsp3) is 0.438. The lowest BCUT2D eigenvalue weighted by Crippen LogP contribution is -2.34. The van der Waals surface area contributed by atoms with Crippen LogP contribution in [-0.4, -0.2) is 18.5 Å². The quantitative estimate of drug-likeness (QED) is 0.731. The Hall–Kier alpha value is -1.29. The Kier molecular flexibility index (Phi) is 2.71. The molecule has 2 unspecified atom stereocenters. The van der Waals surface area contributed by atoms with Crippen LogP contribution < -0.4 is 8.83 Å². The lowest BCUT2D eigenvalue weighted by Gasteiger charge is -2.30. The molecule has 3 aliphatic heterocycles. The molecule has 4 heteroatoms. The molecule has 3 aliphatic rings. The molecule has 0 aromatic heterocycles. The standard InChI is InChI=1S/C16H17BrN2O/c1-2-10-9-11-15-13(18-8-4-7-12(10)18)5-3-6-14(15)19(17)16(11)20/h3,5-6,9-10,12H,2,4,7-8H2,1H3. The van der Waals surface area contributed by atoms with Gasteiger partial charge in [0.25, 0.3) is 5.91 Å². The molecular formula is C16H17BrN2O. The highest BCUT2D eigenvalue weighted by Crippen LogP contribution is 2.49. The minimum atomic E-state index is 0.0760. The fourth-order valence-electron chi connectivity index (χ4n) is 3.94. The van der Waals surface area contributed by atoms with Crippen LogP contribution in [0.4, 0.5) is 11.4 Å². The summed E-state index contributed by atoms with van der Waals surface area (Å²) in [5, 5.41) is 0. The number of fused-ring (bicyclic) bond motifs is 2. The lowest BCUT2D eigenvalue weighted by molar-refractivity contribution is -0.111. The van der Waals surface area contributed by atoms with Gasteiger partial charge in [0, 0.05) is 29.4 Å². The van der Waals surface area contributed by atoms with Crippen LogP contribution in [0.15, 0.2) is 24.3 Å². The molecular weight excluding hydrogens is 316 g/mol. The molecule has 0 bridgehead atoms.